The fourth-order valence-electron chi connectivity index (χ4n) is 3.20. The quantitative estimate of drug-likeness (QED) is 0.630. The van der Waals surface area contributed by atoms with Crippen LogP contribution in [-0.2, 0) is 4.79 Å². The van der Waals surface area contributed by atoms with Gasteiger partial charge in [0.15, 0.2) is 11.5 Å². The normalized spacial score (nSPS) is 14.4. The summed E-state index contributed by atoms with van der Waals surface area (Å²) in [4.78, 5) is 16.3. The number of amides is 1. The average Bonchev–Trinajstić information content (AvgIpc) is 2.74. The van der Waals surface area contributed by atoms with Crippen LogP contribution in [0.2, 0.25) is 0 Å². The number of carbonyl (C=O) groups is 1. The topological polar surface area (TPSA) is 42.0 Å². The maximum absolute atomic E-state index is 13.1. The Bertz CT molecular complexity index is 880. The van der Waals surface area contributed by atoms with E-state index in [0.29, 0.717) is 38.3 Å². The lowest BCUT2D eigenvalue weighted by atomic mass is 10.1. The first kappa shape index (κ1) is 21.5. The van der Waals surface area contributed by atoms with Crippen molar-refractivity contribution in [3.8, 4) is 11.5 Å². The molecule has 1 amide bonds. The van der Waals surface area contributed by atoms with Gasteiger partial charge in [0.2, 0.25) is 5.91 Å². The molecule has 8 heteroatoms. The van der Waals surface area contributed by atoms with Crippen LogP contribution in [0, 0.1) is 5.82 Å². The van der Waals surface area contributed by atoms with Crippen LogP contribution < -0.4 is 14.4 Å². The molecule has 1 saturated heterocycles. The lowest BCUT2D eigenvalue weighted by Gasteiger charge is -2.35. The van der Waals surface area contributed by atoms with Crippen LogP contribution in [0.4, 0.5) is 18.9 Å². The highest BCUT2D eigenvalue weighted by atomic mass is 19.3. The van der Waals surface area contributed by atoms with Crippen molar-refractivity contribution in [2.24, 2.45) is 0 Å². The number of piperazine rings is 1. The minimum absolute atomic E-state index is 0.0489. The number of nitrogens with zero attached hydrogens (tertiary/aromatic N) is 2. The molecule has 0 spiro atoms. The van der Waals surface area contributed by atoms with E-state index in [2.05, 4.69) is 9.64 Å². The molecule has 0 atom stereocenters. The Labute approximate surface area is 173 Å². The van der Waals surface area contributed by atoms with Crippen LogP contribution in [0.3, 0.4) is 0 Å². The number of anilines is 1. The molecule has 0 bridgehead atoms. The van der Waals surface area contributed by atoms with E-state index < -0.39 is 6.61 Å². The van der Waals surface area contributed by atoms with E-state index in [1.165, 1.54) is 24.3 Å². The van der Waals surface area contributed by atoms with Gasteiger partial charge in [0.05, 0.1) is 6.61 Å². The third-order valence-electron chi connectivity index (χ3n) is 4.69. The average molecular weight is 420 g/mol. The third kappa shape index (κ3) is 5.68. The predicted molar refractivity (Wildman–Crippen MR) is 108 cm³/mol. The van der Waals surface area contributed by atoms with Crippen molar-refractivity contribution in [3.63, 3.8) is 0 Å². The zero-order valence-electron chi connectivity index (χ0n) is 16.6. The Morgan fingerprint density at radius 1 is 1.07 bits per heavy atom. The molecule has 0 radical (unpaired) electrons. The van der Waals surface area contributed by atoms with E-state index in [0.717, 1.165) is 5.69 Å². The van der Waals surface area contributed by atoms with E-state index in [-0.39, 0.29) is 23.2 Å². The fourth-order valence-corrected chi connectivity index (χ4v) is 3.20. The van der Waals surface area contributed by atoms with Gasteiger partial charge in [-0.05, 0) is 55.0 Å². The van der Waals surface area contributed by atoms with Crippen molar-refractivity contribution >= 4 is 17.7 Å². The summed E-state index contributed by atoms with van der Waals surface area (Å²) in [5, 5.41) is 0. The van der Waals surface area contributed by atoms with Crippen LogP contribution in [-0.4, -0.2) is 50.2 Å². The van der Waals surface area contributed by atoms with E-state index in [9.17, 15) is 18.0 Å². The van der Waals surface area contributed by atoms with Crippen LogP contribution >= 0.6 is 0 Å². The second-order valence-electron chi connectivity index (χ2n) is 6.64. The standard InChI is InChI=1S/C22H23F3N2O3/c1-2-29-20-15-16(3-9-19(20)30-22(24)25)4-10-21(28)27-13-11-26(12-14-27)18-7-5-17(23)6-8-18/h3-10,15,22H,2,11-14H2,1H3/b10-4+. The highest BCUT2D eigenvalue weighted by Gasteiger charge is 2.20. The first-order valence-electron chi connectivity index (χ1n) is 9.65. The van der Waals surface area contributed by atoms with Crippen molar-refractivity contribution in [1.82, 2.24) is 4.90 Å². The Kier molecular flexibility index (Phi) is 7.21. The van der Waals surface area contributed by atoms with Gasteiger partial charge in [-0.3, -0.25) is 4.79 Å². The maximum Gasteiger partial charge on any atom is 0.387 e. The molecule has 0 aliphatic carbocycles. The molecule has 3 rings (SSSR count). The van der Waals surface area contributed by atoms with Crippen molar-refractivity contribution in [3.05, 3.63) is 59.9 Å². The van der Waals surface area contributed by atoms with E-state index in [4.69, 9.17) is 4.74 Å². The van der Waals surface area contributed by atoms with Crippen molar-refractivity contribution in [2.75, 3.05) is 37.7 Å². The van der Waals surface area contributed by atoms with Crippen molar-refractivity contribution in [2.45, 2.75) is 13.5 Å². The molecule has 1 aliphatic rings. The van der Waals surface area contributed by atoms with Gasteiger partial charge in [-0.1, -0.05) is 6.07 Å². The van der Waals surface area contributed by atoms with Gasteiger partial charge in [0.25, 0.3) is 0 Å². The molecule has 2 aromatic rings. The van der Waals surface area contributed by atoms with Gasteiger partial charge < -0.3 is 19.3 Å². The summed E-state index contributed by atoms with van der Waals surface area (Å²) >= 11 is 0. The molecule has 30 heavy (non-hydrogen) atoms. The first-order valence-corrected chi connectivity index (χ1v) is 9.65. The summed E-state index contributed by atoms with van der Waals surface area (Å²) in [5.74, 6) is -0.272. The van der Waals surface area contributed by atoms with Crippen LogP contribution in [0.15, 0.2) is 48.5 Å². The summed E-state index contributed by atoms with van der Waals surface area (Å²) in [6.45, 7) is 1.49. The largest absolute Gasteiger partial charge is 0.490 e. The van der Waals surface area contributed by atoms with Gasteiger partial charge in [-0.25, -0.2) is 4.39 Å². The third-order valence-corrected chi connectivity index (χ3v) is 4.69. The Morgan fingerprint density at radius 2 is 1.77 bits per heavy atom. The Balaban J connectivity index is 1.59. The number of carbonyl (C=O) groups excluding carboxylic acids is 1. The van der Waals surface area contributed by atoms with Gasteiger partial charge in [0.1, 0.15) is 5.82 Å². The number of hydrogen-bond acceptors (Lipinski definition) is 4. The zero-order valence-corrected chi connectivity index (χ0v) is 16.6. The van der Waals surface area contributed by atoms with Gasteiger partial charge in [-0.2, -0.15) is 8.78 Å². The molecular formula is C22H23F3N2O3. The number of hydrogen-bond donors (Lipinski definition) is 0. The molecule has 0 N–H and O–H groups in total. The number of rotatable bonds is 7. The molecular weight excluding hydrogens is 397 g/mol. The van der Waals surface area contributed by atoms with Crippen LogP contribution in [0.1, 0.15) is 12.5 Å². The van der Waals surface area contributed by atoms with Gasteiger partial charge in [-0.15, -0.1) is 0 Å². The maximum atomic E-state index is 13.1. The molecule has 2 aromatic carbocycles. The number of alkyl halides is 2. The minimum Gasteiger partial charge on any atom is -0.490 e. The second kappa shape index (κ2) is 10.0. The van der Waals surface area contributed by atoms with E-state index >= 15 is 0 Å². The molecule has 0 aromatic heterocycles. The van der Waals surface area contributed by atoms with Crippen LogP contribution in [0.5, 0.6) is 11.5 Å². The van der Waals surface area contributed by atoms with Crippen LogP contribution in [0.25, 0.3) is 6.08 Å². The van der Waals surface area contributed by atoms with Gasteiger partial charge >= 0.3 is 6.61 Å². The first-order chi connectivity index (χ1) is 14.5. The summed E-state index contributed by atoms with van der Waals surface area (Å²) in [7, 11) is 0. The lowest BCUT2D eigenvalue weighted by molar-refractivity contribution is -0.126. The fraction of sp³-hybridized carbons (Fsp3) is 0.318. The summed E-state index contributed by atoms with van der Waals surface area (Å²) in [6, 6.07) is 10.8. The number of halogens is 3. The second-order valence-corrected chi connectivity index (χ2v) is 6.64. The highest BCUT2D eigenvalue weighted by Crippen LogP contribution is 2.30. The van der Waals surface area contributed by atoms with E-state index in [1.54, 1.807) is 42.2 Å². The van der Waals surface area contributed by atoms with Gasteiger partial charge in [0, 0.05) is 37.9 Å². The predicted octanol–water partition coefficient (Wildman–Crippen LogP) is 4.19. The SMILES string of the molecule is CCOc1cc(/C=C/C(=O)N2CCN(c3ccc(F)cc3)CC2)ccc1OC(F)F. The number of ether oxygens (including phenoxy) is 2. The minimum atomic E-state index is -2.94. The molecule has 160 valence electrons. The lowest BCUT2D eigenvalue weighted by Crippen LogP contribution is -2.48. The molecule has 0 saturated carbocycles. The zero-order chi connectivity index (χ0) is 21.5. The Morgan fingerprint density at radius 3 is 2.40 bits per heavy atom. The smallest absolute Gasteiger partial charge is 0.387 e. The summed E-state index contributed by atoms with van der Waals surface area (Å²) in [6.07, 6.45) is 3.07. The highest BCUT2D eigenvalue weighted by molar-refractivity contribution is 5.92. The molecule has 1 fully saturated rings. The number of benzene rings is 2. The van der Waals surface area contributed by atoms with Crippen molar-refractivity contribution in [1.29, 1.82) is 0 Å². The monoisotopic (exact) mass is 420 g/mol. The summed E-state index contributed by atoms with van der Waals surface area (Å²) in [5.41, 5.74) is 1.56. The molecule has 1 aliphatic heterocycles. The molecule has 0 unspecified atom stereocenters. The molecule has 1 heterocycles. The van der Waals surface area contributed by atoms with E-state index in [1.807, 2.05) is 0 Å². The van der Waals surface area contributed by atoms with Crippen molar-refractivity contribution < 1.29 is 27.4 Å². The summed E-state index contributed by atoms with van der Waals surface area (Å²) < 4.78 is 47.8. The Hall–Kier alpha value is -3.16. The molecule has 5 nitrogen and oxygen atoms in total.